The van der Waals surface area contributed by atoms with Crippen molar-refractivity contribution in [2.24, 2.45) is 11.8 Å². The molecule has 2 aromatic rings. The van der Waals surface area contributed by atoms with E-state index in [9.17, 15) is 9.59 Å². The molecule has 0 aliphatic heterocycles. The predicted octanol–water partition coefficient (Wildman–Crippen LogP) is 4.03. The zero-order valence-electron chi connectivity index (χ0n) is 11.4. The van der Waals surface area contributed by atoms with E-state index in [0.717, 1.165) is 41.9 Å². The van der Waals surface area contributed by atoms with Crippen LogP contribution in [0.5, 0.6) is 0 Å². The van der Waals surface area contributed by atoms with Crippen molar-refractivity contribution in [2.45, 2.75) is 25.7 Å². The number of carbonyl (C=O) groups excluding carboxylic acids is 2. The molecular weight excluding hydrogens is 248 g/mol. The maximum atomic E-state index is 12.4. The average Bonchev–Trinajstić information content (AvgIpc) is 2.94. The van der Waals surface area contributed by atoms with Crippen LogP contribution in [0, 0.1) is 11.8 Å². The topological polar surface area (TPSA) is 34.1 Å². The minimum absolute atomic E-state index is 0.0828. The van der Waals surface area contributed by atoms with Crippen LogP contribution in [0.1, 0.15) is 36.0 Å². The second kappa shape index (κ2) is 5.58. The third-order valence-corrected chi connectivity index (χ3v) is 4.41. The molecule has 2 nitrogen and oxygen atoms in total. The average molecular weight is 266 g/mol. The van der Waals surface area contributed by atoms with Gasteiger partial charge in [0.2, 0.25) is 0 Å². The summed E-state index contributed by atoms with van der Waals surface area (Å²) in [6.45, 7) is 0. The molecule has 0 bridgehead atoms. The zero-order valence-corrected chi connectivity index (χ0v) is 11.4. The Labute approximate surface area is 118 Å². The second-order valence-corrected chi connectivity index (χ2v) is 5.68. The zero-order chi connectivity index (χ0) is 13.9. The standard InChI is InChI=1S/C18H18O2/c19-12-17-7-3-6-15(17)11-18(20)16-9-8-13-4-1-2-5-14(13)10-16/h1-2,4-5,8-10,12,15,17H,3,6-7,11H2/t15-,17-/m1/s1. The van der Waals surface area contributed by atoms with Crippen molar-refractivity contribution in [1.29, 1.82) is 0 Å². The van der Waals surface area contributed by atoms with Crippen molar-refractivity contribution < 1.29 is 9.59 Å². The highest BCUT2D eigenvalue weighted by atomic mass is 16.1. The normalized spacial score (nSPS) is 22.0. The number of Topliss-reactive ketones (excluding diaryl/α,β-unsaturated/α-hetero) is 1. The first-order valence-corrected chi connectivity index (χ1v) is 7.25. The van der Waals surface area contributed by atoms with Crippen molar-refractivity contribution >= 4 is 22.8 Å². The smallest absolute Gasteiger partial charge is 0.163 e. The first-order chi connectivity index (χ1) is 9.78. The van der Waals surface area contributed by atoms with E-state index in [1.165, 1.54) is 0 Å². The number of fused-ring (bicyclic) bond motifs is 1. The largest absolute Gasteiger partial charge is 0.303 e. The molecule has 1 aliphatic carbocycles. The van der Waals surface area contributed by atoms with Crippen LogP contribution in [0.25, 0.3) is 10.8 Å². The van der Waals surface area contributed by atoms with E-state index in [2.05, 4.69) is 0 Å². The number of aldehydes is 1. The summed E-state index contributed by atoms with van der Waals surface area (Å²) in [6.07, 6.45) is 4.55. The molecule has 102 valence electrons. The van der Waals surface area contributed by atoms with Crippen molar-refractivity contribution in [1.82, 2.24) is 0 Å². The number of rotatable bonds is 4. The Morgan fingerprint density at radius 2 is 1.90 bits per heavy atom. The van der Waals surface area contributed by atoms with E-state index in [1.807, 2.05) is 42.5 Å². The van der Waals surface area contributed by atoms with Gasteiger partial charge in [-0.3, -0.25) is 4.79 Å². The molecule has 0 unspecified atom stereocenters. The number of carbonyl (C=O) groups is 2. The van der Waals surface area contributed by atoms with Gasteiger partial charge in [0.15, 0.2) is 5.78 Å². The summed E-state index contributed by atoms with van der Waals surface area (Å²) in [6, 6.07) is 13.9. The maximum Gasteiger partial charge on any atom is 0.163 e. The molecule has 2 atom stereocenters. The molecule has 0 radical (unpaired) electrons. The Morgan fingerprint density at radius 1 is 1.10 bits per heavy atom. The van der Waals surface area contributed by atoms with Gasteiger partial charge in [-0.1, -0.05) is 42.8 Å². The van der Waals surface area contributed by atoms with Gasteiger partial charge in [0.1, 0.15) is 6.29 Å². The van der Waals surface area contributed by atoms with Crippen LogP contribution in [0.2, 0.25) is 0 Å². The molecule has 0 amide bonds. The van der Waals surface area contributed by atoms with Gasteiger partial charge < -0.3 is 4.79 Å². The van der Waals surface area contributed by atoms with Gasteiger partial charge in [0.05, 0.1) is 0 Å². The summed E-state index contributed by atoms with van der Waals surface area (Å²) >= 11 is 0. The lowest BCUT2D eigenvalue weighted by atomic mass is 9.90. The van der Waals surface area contributed by atoms with Crippen molar-refractivity contribution in [3.63, 3.8) is 0 Å². The maximum absolute atomic E-state index is 12.4. The number of hydrogen-bond donors (Lipinski definition) is 0. The number of ketones is 1. The molecule has 0 aromatic heterocycles. The first kappa shape index (κ1) is 13.0. The fraction of sp³-hybridized carbons (Fsp3) is 0.333. The molecule has 0 N–H and O–H groups in total. The minimum Gasteiger partial charge on any atom is -0.303 e. The molecule has 1 saturated carbocycles. The highest BCUT2D eigenvalue weighted by Crippen LogP contribution is 2.33. The molecule has 20 heavy (non-hydrogen) atoms. The van der Waals surface area contributed by atoms with Crippen LogP contribution in [0.15, 0.2) is 42.5 Å². The number of benzene rings is 2. The summed E-state index contributed by atoms with van der Waals surface area (Å²) in [5, 5.41) is 2.24. The summed E-state index contributed by atoms with van der Waals surface area (Å²) in [7, 11) is 0. The Hall–Kier alpha value is -1.96. The van der Waals surface area contributed by atoms with Gasteiger partial charge in [-0.05, 0) is 35.6 Å². The van der Waals surface area contributed by atoms with Gasteiger partial charge in [-0.2, -0.15) is 0 Å². The predicted molar refractivity (Wildman–Crippen MR) is 79.8 cm³/mol. The van der Waals surface area contributed by atoms with E-state index < -0.39 is 0 Å². The van der Waals surface area contributed by atoms with Crippen LogP contribution in [-0.2, 0) is 4.79 Å². The Bertz CT molecular complexity index is 645. The first-order valence-electron chi connectivity index (χ1n) is 7.25. The van der Waals surface area contributed by atoms with Gasteiger partial charge in [0.25, 0.3) is 0 Å². The lowest BCUT2D eigenvalue weighted by Crippen LogP contribution is -2.14. The summed E-state index contributed by atoms with van der Waals surface area (Å²) in [5.41, 5.74) is 0.764. The van der Waals surface area contributed by atoms with E-state index >= 15 is 0 Å². The quantitative estimate of drug-likeness (QED) is 0.618. The van der Waals surface area contributed by atoms with Crippen LogP contribution in [0.3, 0.4) is 0 Å². The lowest BCUT2D eigenvalue weighted by molar-refractivity contribution is -0.111. The molecule has 0 spiro atoms. The lowest BCUT2D eigenvalue weighted by Gasteiger charge is -2.13. The van der Waals surface area contributed by atoms with Crippen LogP contribution >= 0.6 is 0 Å². The van der Waals surface area contributed by atoms with Crippen molar-refractivity contribution in [3.8, 4) is 0 Å². The highest BCUT2D eigenvalue weighted by Gasteiger charge is 2.28. The van der Waals surface area contributed by atoms with Crippen molar-refractivity contribution in [3.05, 3.63) is 48.0 Å². The monoisotopic (exact) mass is 266 g/mol. The van der Waals surface area contributed by atoms with Crippen molar-refractivity contribution in [2.75, 3.05) is 0 Å². The van der Waals surface area contributed by atoms with Gasteiger partial charge >= 0.3 is 0 Å². The van der Waals surface area contributed by atoms with E-state index in [4.69, 9.17) is 0 Å². The molecule has 2 heteroatoms. The second-order valence-electron chi connectivity index (χ2n) is 5.68. The summed E-state index contributed by atoms with van der Waals surface area (Å²) in [5.74, 6) is 0.486. The van der Waals surface area contributed by atoms with Crippen LogP contribution in [-0.4, -0.2) is 12.1 Å². The number of hydrogen-bond acceptors (Lipinski definition) is 2. The Balaban J connectivity index is 1.80. The van der Waals surface area contributed by atoms with Gasteiger partial charge in [0, 0.05) is 17.9 Å². The van der Waals surface area contributed by atoms with Crippen LogP contribution < -0.4 is 0 Å². The molecule has 2 aromatic carbocycles. The van der Waals surface area contributed by atoms with Crippen LogP contribution in [0.4, 0.5) is 0 Å². The third kappa shape index (κ3) is 2.51. The third-order valence-electron chi connectivity index (χ3n) is 4.41. The van der Waals surface area contributed by atoms with E-state index in [0.29, 0.717) is 6.42 Å². The fourth-order valence-electron chi connectivity index (χ4n) is 3.22. The molecule has 1 fully saturated rings. The minimum atomic E-state index is 0.0828. The summed E-state index contributed by atoms with van der Waals surface area (Å²) in [4.78, 5) is 23.4. The molecular formula is C18H18O2. The van der Waals surface area contributed by atoms with Gasteiger partial charge in [-0.15, -0.1) is 0 Å². The van der Waals surface area contributed by atoms with E-state index in [1.54, 1.807) is 0 Å². The SMILES string of the molecule is O=C[C@H]1CCC[C@@H]1CC(=O)c1ccc2ccccc2c1. The highest BCUT2D eigenvalue weighted by molar-refractivity contribution is 6.00. The molecule has 3 rings (SSSR count). The molecule has 1 aliphatic rings. The van der Waals surface area contributed by atoms with Gasteiger partial charge in [-0.25, -0.2) is 0 Å². The Kier molecular flexibility index (Phi) is 3.64. The molecule has 0 heterocycles. The fourth-order valence-corrected chi connectivity index (χ4v) is 3.22. The van der Waals surface area contributed by atoms with E-state index in [-0.39, 0.29) is 17.6 Å². The summed E-state index contributed by atoms with van der Waals surface area (Å²) < 4.78 is 0. The molecule has 0 saturated heterocycles. The Morgan fingerprint density at radius 3 is 2.70 bits per heavy atom.